The number of carbonyl (C=O) groups is 3. The van der Waals surface area contributed by atoms with Crippen molar-refractivity contribution >= 4 is 35.0 Å². The van der Waals surface area contributed by atoms with E-state index in [0.29, 0.717) is 32.0 Å². The maximum atomic E-state index is 13.9. The van der Waals surface area contributed by atoms with Gasteiger partial charge in [-0.1, -0.05) is 24.3 Å². The number of amides is 3. The van der Waals surface area contributed by atoms with Gasteiger partial charge in [-0.15, -0.1) is 0 Å². The van der Waals surface area contributed by atoms with Crippen LogP contribution in [0.15, 0.2) is 48.7 Å². The Hall–Kier alpha value is -3.96. The first-order valence-electron chi connectivity index (χ1n) is 15.2. The Kier molecular flexibility index (Phi) is 8.36. The number of aldehydes is 1. The number of likely N-dealkylation sites (tertiary alicyclic amines) is 2. The van der Waals surface area contributed by atoms with E-state index in [4.69, 9.17) is 4.74 Å². The molecule has 2 fully saturated rings. The van der Waals surface area contributed by atoms with E-state index in [1.807, 2.05) is 47.4 Å². The summed E-state index contributed by atoms with van der Waals surface area (Å²) in [4.78, 5) is 48.0. The van der Waals surface area contributed by atoms with Crippen molar-refractivity contribution in [3.63, 3.8) is 0 Å². The highest BCUT2D eigenvalue weighted by Crippen LogP contribution is 2.39. The lowest BCUT2D eigenvalue weighted by molar-refractivity contribution is -0.128. The summed E-state index contributed by atoms with van der Waals surface area (Å²) < 4.78 is 5.92. The highest BCUT2D eigenvalue weighted by molar-refractivity contribution is 5.91. The number of benzene rings is 2. The Balaban J connectivity index is 1.25. The molecular formula is C32H41N7O4. The van der Waals surface area contributed by atoms with Gasteiger partial charge in [0.15, 0.2) is 0 Å². The van der Waals surface area contributed by atoms with Gasteiger partial charge in [-0.2, -0.15) is 5.10 Å². The number of aromatic amines is 1. The average Bonchev–Trinajstić information content (AvgIpc) is 3.42. The number of para-hydroxylation sites is 1. The molecule has 2 saturated heterocycles. The Labute approximate surface area is 252 Å². The highest BCUT2D eigenvalue weighted by atomic mass is 16.6. The van der Waals surface area contributed by atoms with Crippen LogP contribution in [0.3, 0.4) is 0 Å². The summed E-state index contributed by atoms with van der Waals surface area (Å²) in [6, 6.07) is 13.9. The monoisotopic (exact) mass is 587 g/mol. The molecule has 0 saturated carbocycles. The SMILES string of the molecule is CN(C)C1CCN([C@]2(CC=O)C[C@H](N3CCc4ccccc4NC3=O)CCN2C(=O)OCc2ccc3[nH]ncc3c2)CC1. The van der Waals surface area contributed by atoms with Gasteiger partial charge in [-0.3, -0.25) is 14.9 Å². The fourth-order valence-corrected chi connectivity index (χ4v) is 7.20. The predicted molar refractivity (Wildman–Crippen MR) is 164 cm³/mol. The fraction of sp³-hybridized carbons (Fsp3) is 0.500. The van der Waals surface area contributed by atoms with Crippen LogP contribution in [0.4, 0.5) is 15.3 Å². The number of aromatic nitrogens is 2. The zero-order valence-corrected chi connectivity index (χ0v) is 25.0. The van der Waals surface area contributed by atoms with Gasteiger partial charge in [-0.05, 0) is 69.1 Å². The molecule has 6 rings (SSSR count). The quantitative estimate of drug-likeness (QED) is 0.401. The number of H-pyrrole nitrogens is 1. The summed E-state index contributed by atoms with van der Waals surface area (Å²) >= 11 is 0. The van der Waals surface area contributed by atoms with Crippen LogP contribution in [-0.4, -0.2) is 106 Å². The van der Waals surface area contributed by atoms with Gasteiger partial charge in [0.05, 0.1) is 11.7 Å². The second-order valence-corrected chi connectivity index (χ2v) is 12.2. The van der Waals surface area contributed by atoms with Gasteiger partial charge < -0.3 is 24.6 Å². The molecule has 11 heteroatoms. The van der Waals surface area contributed by atoms with Crippen LogP contribution in [0.2, 0.25) is 0 Å². The lowest BCUT2D eigenvalue weighted by atomic mass is 9.84. The van der Waals surface area contributed by atoms with E-state index in [1.165, 1.54) is 0 Å². The molecule has 11 nitrogen and oxygen atoms in total. The van der Waals surface area contributed by atoms with Crippen molar-refractivity contribution in [2.45, 2.75) is 62.9 Å². The Bertz CT molecular complexity index is 1470. The molecule has 0 aliphatic carbocycles. The minimum atomic E-state index is -0.882. The van der Waals surface area contributed by atoms with Crippen molar-refractivity contribution in [1.82, 2.24) is 29.8 Å². The topological polar surface area (TPSA) is 114 Å². The van der Waals surface area contributed by atoms with E-state index in [0.717, 1.165) is 66.4 Å². The standard InChI is InChI=1S/C32H41N7O4/c1-36(2)26-10-14-37(15-11-26)32(13-18-40)20-27(38-16-9-24-5-3-4-6-28(24)34-30(38)41)12-17-39(32)31(42)43-22-23-7-8-29-25(19-23)21-33-35-29/h3-8,18-19,21,26-27H,9-17,20,22H2,1-2H3,(H,33,35)(H,34,41)/t27-,32+/m1/s1. The average molecular weight is 588 g/mol. The van der Waals surface area contributed by atoms with Crippen LogP contribution in [0.1, 0.15) is 43.2 Å². The molecule has 0 radical (unpaired) electrons. The lowest BCUT2D eigenvalue weighted by Gasteiger charge is -2.56. The molecule has 43 heavy (non-hydrogen) atoms. The normalized spacial score (nSPS) is 23.6. The Morgan fingerprint density at radius 1 is 1.12 bits per heavy atom. The second kappa shape index (κ2) is 12.3. The van der Waals surface area contributed by atoms with Crippen LogP contribution in [0.5, 0.6) is 0 Å². The summed E-state index contributed by atoms with van der Waals surface area (Å²) in [6.07, 6.45) is 6.09. The summed E-state index contributed by atoms with van der Waals surface area (Å²) in [5, 5.41) is 11.1. The first-order chi connectivity index (χ1) is 20.9. The zero-order valence-electron chi connectivity index (χ0n) is 25.0. The van der Waals surface area contributed by atoms with Crippen molar-refractivity contribution < 1.29 is 19.1 Å². The first-order valence-corrected chi connectivity index (χ1v) is 15.2. The summed E-state index contributed by atoms with van der Waals surface area (Å²) in [7, 11) is 4.19. The van der Waals surface area contributed by atoms with Gasteiger partial charge in [0.25, 0.3) is 0 Å². The third-order valence-electron chi connectivity index (χ3n) is 9.61. The number of anilines is 1. The van der Waals surface area contributed by atoms with Crippen LogP contribution in [0, 0.1) is 0 Å². The van der Waals surface area contributed by atoms with E-state index in [1.54, 1.807) is 11.1 Å². The predicted octanol–water partition coefficient (Wildman–Crippen LogP) is 4.07. The van der Waals surface area contributed by atoms with Crippen LogP contribution in [0.25, 0.3) is 10.9 Å². The van der Waals surface area contributed by atoms with Gasteiger partial charge >= 0.3 is 12.1 Å². The van der Waals surface area contributed by atoms with Crippen LogP contribution < -0.4 is 5.32 Å². The highest BCUT2D eigenvalue weighted by Gasteiger charge is 2.51. The number of carbonyl (C=O) groups excluding carboxylic acids is 3. The maximum absolute atomic E-state index is 13.9. The van der Waals surface area contributed by atoms with E-state index < -0.39 is 11.8 Å². The molecule has 0 spiro atoms. The number of hydrogen-bond acceptors (Lipinski definition) is 7. The molecule has 4 heterocycles. The number of urea groups is 1. The largest absolute Gasteiger partial charge is 0.445 e. The van der Waals surface area contributed by atoms with Crippen molar-refractivity contribution in [2.75, 3.05) is 45.6 Å². The number of fused-ring (bicyclic) bond motifs is 2. The molecule has 3 aliphatic rings. The van der Waals surface area contributed by atoms with Crippen molar-refractivity contribution in [3.05, 3.63) is 59.8 Å². The molecule has 3 aliphatic heterocycles. The molecule has 0 bridgehead atoms. The third-order valence-corrected chi connectivity index (χ3v) is 9.61. The van der Waals surface area contributed by atoms with Crippen molar-refractivity contribution in [3.8, 4) is 0 Å². The zero-order chi connectivity index (χ0) is 30.0. The Morgan fingerprint density at radius 3 is 2.72 bits per heavy atom. The molecule has 0 unspecified atom stereocenters. The van der Waals surface area contributed by atoms with Crippen LogP contribution in [-0.2, 0) is 22.6 Å². The first kappa shape index (κ1) is 29.1. The number of piperidine rings is 2. The number of nitrogens with zero attached hydrogens (tertiary/aromatic N) is 5. The number of ether oxygens (including phenoxy) is 1. The molecule has 3 aromatic rings. The van der Waals surface area contributed by atoms with Gasteiger partial charge in [0, 0.05) is 62.2 Å². The molecule has 2 atom stereocenters. The van der Waals surface area contributed by atoms with Crippen molar-refractivity contribution in [2.24, 2.45) is 0 Å². The minimum Gasteiger partial charge on any atom is -0.445 e. The van der Waals surface area contributed by atoms with Gasteiger partial charge in [-0.25, -0.2) is 9.59 Å². The van der Waals surface area contributed by atoms with Gasteiger partial charge in [0.1, 0.15) is 18.6 Å². The molecular weight excluding hydrogens is 546 g/mol. The summed E-state index contributed by atoms with van der Waals surface area (Å²) in [5.74, 6) is 0. The molecule has 228 valence electrons. The summed E-state index contributed by atoms with van der Waals surface area (Å²) in [5.41, 5.74) is 2.86. The number of nitrogens with one attached hydrogen (secondary N) is 2. The minimum absolute atomic E-state index is 0.118. The van der Waals surface area contributed by atoms with E-state index in [2.05, 4.69) is 39.4 Å². The molecule has 3 amide bonds. The smallest absolute Gasteiger partial charge is 0.411 e. The molecule has 2 aromatic carbocycles. The number of rotatable bonds is 7. The van der Waals surface area contributed by atoms with Gasteiger partial charge in [0.2, 0.25) is 0 Å². The lowest BCUT2D eigenvalue weighted by Crippen LogP contribution is -2.69. The third kappa shape index (κ3) is 5.83. The van der Waals surface area contributed by atoms with E-state index in [-0.39, 0.29) is 25.1 Å². The molecule has 2 N–H and O–H groups in total. The van der Waals surface area contributed by atoms with E-state index in [9.17, 15) is 14.4 Å². The number of hydrogen-bond donors (Lipinski definition) is 2. The fourth-order valence-electron chi connectivity index (χ4n) is 7.20. The molecule has 1 aromatic heterocycles. The van der Waals surface area contributed by atoms with Crippen LogP contribution >= 0.6 is 0 Å². The van der Waals surface area contributed by atoms with E-state index >= 15 is 0 Å². The van der Waals surface area contributed by atoms with Crippen molar-refractivity contribution in [1.29, 1.82) is 0 Å². The summed E-state index contributed by atoms with van der Waals surface area (Å²) in [6.45, 7) is 2.59. The Morgan fingerprint density at radius 2 is 1.93 bits per heavy atom. The second-order valence-electron chi connectivity index (χ2n) is 12.2. The maximum Gasteiger partial charge on any atom is 0.411 e.